The Bertz CT molecular complexity index is 901. The average Bonchev–Trinajstić information content (AvgIpc) is 3.30. The minimum Gasteiger partial charge on any atom is -0.373 e. The average molecular weight is 479 g/mol. The Kier molecular flexibility index (Phi) is 8.07. The third-order valence-corrected chi connectivity index (χ3v) is 8.80. The number of rotatable bonds is 7. The molecule has 1 aromatic carbocycles. The van der Waals surface area contributed by atoms with Gasteiger partial charge in [-0.05, 0) is 76.7 Å². The van der Waals surface area contributed by atoms with Crippen molar-refractivity contribution in [3.8, 4) is 0 Å². The maximum absolute atomic E-state index is 12.8. The molecule has 4 rings (SSSR count). The molecule has 3 aliphatic heterocycles. The van der Waals surface area contributed by atoms with Gasteiger partial charge in [0.25, 0.3) is 0 Å². The van der Waals surface area contributed by atoms with E-state index in [4.69, 9.17) is 4.74 Å². The van der Waals surface area contributed by atoms with Crippen LogP contribution in [0, 0.1) is 5.92 Å². The van der Waals surface area contributed by atoms with Gasteiger partial charge in [-0.15, -0.1) is 0 Å². The third kappa shape index (κ3) is 6.54. The summed E-state index contributed by atoms with van der Waals surface area (Å²) in [6.45, 7) is 10.7. The molecule has 8 nitrogen and oxygen atoms in total. The molecule has 0 radical (unpaired) electrons. The first-order valence-electron chi connectivity index (χ1n) is 12.3. The first-order chi connectivity index (χ1) is 15.8. The summed E-state index contributed by atoms with van der Waals surface area (Å²) in [6, 6.07) is 6.61. The first kappa shape index (κ1) is 24.6. The number of ether oxygens (including phenoxy) is 1. The van der Waals surface area contributed by atoms with Gasteiger partial charge in [-0.1, -0.05) is 6.07 Å². The topological polar surface area (TPSA) is 82.2 Å². The molecule has 1 amide bonds. The predicted octanol–water partition coefficient (Wildman–Crippen LogP) is 2.23. The van der Waals surface area contributed by atoms with Gasteiger partial charge in [0.05, 0.1) is 23.6 Å². The molecule has 33 heavy (non-hydrogen) atoms. The number of carbonyl (C=O) groups is 1. The van der Waals surface area contributed by atoms with Gasteiger partial charge in [0.1, 0.15) is 0 Å². The van der Waals surface area contributed by atoms with Crippen molar-refractivity contribution >= 4 is 21.6 Å². The summed E-state index contributed by atoms with van der Waals surface area (Å²) in [5.74, 6) is 0.564. The fourth-order valence-electron chi connectivity index (χ4n) is 5.34. The number of sulfonamides is 1. The third-order valence-electron chi connectivity index (χ3n) is 6.91. The smallest absolute Gasteiger partial charge is 0.243 e. The fourth-order valence-corrected chi connectivity index (χ4v) is 6.90. The monoisotopic (exact) mass is 478 g/mol. The highest BCUT2D eigenvalue weighted by Crippen LogP contribution is 2.24. The SMILES string of the molecule is CC1CN(CC2CCN(CC(=O)Nc3cccc(S(=O)(=O)N4CCCC4)c3)CC2)CC(C)O1. The maximum atomic E-state index is 12.8. The Morgan fingerprint density at radius 3 is 2.36 bits per heavy atom. The Morgan fingerprint density at radius 2 is 1.70 bits per heavy atom. The summed E-state index contributed by atoms with van der Waals surface area (Å²) in [6.07, 6.45) is 4.57. The number of benzene rings is 1. The van der Waals surface area contributed by atoms with Crippen molar-refractivity contribution < 1.29 is 17.9 Å². The van der Waals surface area contributed by atoms with Gasteiger partial charge in [-0.25, -0.2) is 8.42 Å². The van der Waals surface area contributed by atoms with E-state index in [0.717, 1.165) is 58.4 Å². The van der Waals surface area contributed by atoms with Crippen molar-refractivity contribution in [3.05, 3.63) is 24.3 Å². The lowest BCUT2D eigenvalue weighted by atomic mass is 9.95. The zero-order valence-electron chi connectivity index (χ0n) is 19.9. The highest BCUT2D eigenvalue weighted by Gasteiger charge is 2.28. The van der Waals surface area contributed by atoms with Crippen molar-refractivity contribution in [1.82, 2.24) is 14.1 Å². The number of piperidine rings is 1. The van der Waals surface area contributed by atoms with Crippen LogP contribution in [0.4, 0.5) is 5.69 Å². The van der Waals surface area contributed by atoms with Gasteiger partial charge in [-0.3, -0.25) is 14.6 Å². The van der Waals surface area contributed by atoms with Crippen LogP contribution in [0.15, 0.2) is 29.2 Å². The van der Waals surface area contributed by atoms with Crippen LogP contribution in [0.2, 0.25) is 0 Å². The van der Waals surface area contributed by atoms with Crippen molar-refractivity contribution in [2.24, 2.45) is 5.92 Å². The second kappa shape index (κ2) is 10.8. The molecule has 184 valence electrons. The molecule has 1 aromatic rings. The van der Waals surface area contributed by atoms with Crippen LogP contribution in [-0.4, -0.2) is 93.0 Å². The van der Waals surface area contributed by atoms with Crippen molar-refractivity contribution in [3.63, 3.8) is 0 Å². The van der Waals surface area contributed by atoms with Crippen LogP contribution in [0.3, 0.4) is 0 Å². The molecule has 3 aliphatic rings. The molecule has 3 saturated heterocycles. The van der Waals surface area contributed by atoms with E-state index in [1.54, 1.807) is 24.3 Å². The van der Waals surface area contributed by atoms with Crippen molar-refractivity contribution in [1.29, 1.82) is 0 Å². The summed E-state index contributed by atoms with van der Waals surface area (Å²) in [5.41, 5.74) is 0.533. The molecule has 9 heteroatoms. The summed E-state index contributed by atoms with van der Waals surface area (Å²) in [7, 11) is -3.49. The van der Waals surface area contributed by atoms with Gasteiger partial charge in [0.15, 0.2) is 0 Å². The van der Waals surface area contributed by atoms with Gasteiger partial charge in [0.2, 0.25) is 15.9 Å². The lowest BCUT2D eigenvalue weighted by Crippen LogP contribution is -2.48. The summed E-state index contributed by atoms with van der Waals surface area (Å²) >= 11 is 0. The van der Waals surface area contributed by atoms with Gasteiger partial charge in [0, 0.05) is 38.4 Å². The van der Waals surface area contributed by atoms with E-state index >= 15 is 0 Å². The predicted molar refractivity (Wildman–Crippen MR) is 129 cm³/mol. The molecule has 0 aromatic heterocycles. The fraction of sp³-hybridized carbons (Fsp3) is 0.708. The largest absolute Gasteiger partial charge is 0.373 e. The Labute approximate surface area is 198 Å². The molecule has 0 spiro atoms. The first-order valence-corrected chi connectivity index (χ1v) is 13.7. The Hall–Kier alpha value is -1.52. The minimum atomic E-state index is -3.49. The molecular formula is C24H38N4O4S. The molecule has 3 fully saturated rings. The highest BCUT2D eigenvalue weighted by molar-refractivity contribution is 7.89. The molecule has 2 unspecified atom stereocenters. The van der Waals surface area contributed by atoms with E-state index in [1.807, 2.05) is 0 Å². The van der Waals surface area contributed by atoms with Crippen LogP contribution in [0.1, 0.15) is 39.5 Å². The molecule has 1 N–H and O–H groups in total. The van der Waals surface area contributed by atoms with Crippen LogP contribution < -0.4 is 5.32 Å². The number of amides is 1. The van der Waals surface area contributed by atoms with Crippen LogP contribution >= 0.6 is 0 Å². The van der Waals surface area contributed by atoms with E-state index in [9.17, 15) is 13.2 Å². The number of nitrogens with one attached hydrogen (secondary N) is 1. The minimum absolute atomic E-state index is 0.0972. The maximum Gasteiger partial charge on any atom is 0.243 e. The molecule has 3 heterocycles. The summed E-state index contributed by atoms with van der Waals surface area (Å²) in [5, 5.41) is 2.89. The number of anilines is 1. The number of morpholine rings is 1. The number of carbonyl (C=O) groups excluding carboxylic acids is 1. The second-order valence-electron chi connectivity index (χ2n) is 9.88. The zero-order chi connectivity index (χ0) is 23.4. The van der Waals surface area contributed by atoms with Crippen molar-refractivity contribution in [2.45, 2.75) is 56.6 Å². The quantitative estimate of drug-likeness (QED) is 0.647. The van der Waals surface area contributed by atoms with Crippen LogP contribution in [0.25, 0.3) is 0 Å². The Balaban J connectivity index is 1.24. The highest BCUT2D eigenvalue weighted by atomic mass is 32.2. The standard InChI is InChI=1S/C24H38N4O4S/c1-19-15-27(16-20(2)32-19)17-21-8-12-26(13-9-21)18-24(29)25-22-6-5-7-23(14-22)33(30,31)28-10-3-4-11-28/h5-7,14,19-21H,3-4,8-13,15-18H2,1-2H3,(H,25,29). The van der Waals surface area contributed by atoms with Crippen molar-refractivity contribution in [2.75, 3.05) is 57.7 Å². The number of hydrogen-bond acceptors (Lipinski definition) is 6. The van der Waals surface area contributed by atoms with E-state index in [1.165, 1.54) is 4.31 Å². The molecule has 0 aliphatic carbocycles. The van der Waals surface area contributed by atoms with Crippen LogP contribution in [-0.2, 0) is 19.6 Å². The molecule has 0 bridgehead atoms. The van der Waals surface area contributed by atoms with E-state index in [-0.39, 0.29) is 10.8 Å². The van der Waals surface area contributed by atoms with Gasteiger partial charge >= 0.3 is 0 Å². The second-order valence-corrected chi connectivity index (χ2v) is 11.8. The lowest BCUT2D eigenvalue weighted by molar-refractivity contribution is -0.117. The van der Waals surface area contributed by atoms with E-state index < -0.39 is 10.0 Å². The molecular weight excluding hydrogens is 440 g/mol. The zero-order valence-corrected chi connectivity index (χ0v) is 20.7. The number of hydrogen-bond donors (Lipinski definition) is 1. The number of likely N-dealkylation sites (tertiary alicyclic amines) is 1. The van der Waals surface area contributed by atoms with Gasteiger partial charge < -0.3 is 10.1 Å². The molecule has 0 saturated carbocycles. The van der Waals surface area contributed by atoms with E-state index in [2.05, 4.69) is 29.0 Å². The Morgan fingerprint density at radius 1 is 1.03 bits per heavy atom. The number of nitrogens with zero attached hydrogens (tertiary/aromatic N) is 3. The normalized spacial score (nSPS) is 26.5. The summed E-state index contributed by atoms with van der Waals surface area (Å²) in [4.78, 5) is 17.6. The van der Waals surface area contributed by atoms with Crippen LogP contribution in [0.5, 0.6) is 0 Å². The molecule has 2 atom stereocenters. The van der Waals surface area contributed by atoms with E-state index in [0.29, 0.717) is 43.4 Å². The van der Waals surface area contributed by atoms with Gasteiger partial charge in [-0.2, -0.15) is 4.31 Å². The summed E-state index contributed by atoms with van der Waals surface area (Å²) < 4.78 is 32.9. The lowest BCUT2D eigenvalue weighted by Gasteiger charge is -2.39.